The third-order valence-corrected chi connectivity index (χ3v) is 2.96. The second-order valence-electron chi connectivity index (χ2n) is 4.65. The van der Waals surface area contributed by atoms with E-state index in [0.29, 0.717) is 6.42 Å². The lowest BCUT2D eigenvalue weighted by Gasteiger charge is -2.18. The highest BCUT2D eigenvalue weighted by molar-refractivity contribution is 5.74. The number of amides is 2. The van der Waals surface area contributed by atoms with Gasteiger partial charge in [-0.3, -0.25) is 0 Å². The zero-order chi connectivity index (χ0) is 15.1. The summed E-state index contributed by atoms with van der Waals surface area (Å²) in [6, 6.07) is 3.72. The van der Waals surface area contributed by atoms with Gasteiger partial charge in [0, 0.05) is 12.6 Å². The summed E-state index contributed by atoms with van der Waals surface area (Å²) in [5.74, 6) is -0.297. The first-order chi connectivity index (χ1) is 9.47. The molecule has 2 amide bonds. The molecule has 0 fully saturated rings. The predicted molar refractivity (Wildman–Crippen MR) is 74.2 cm³/mol. The lowest BCUT2D eigenvalue weighted by Crippen LogP contribution is -2.42. The van der Waals surface area contributed by atoms with Crippen molar-refractivity contribution in [2.24, 2.45) is 0 Å². The molecule has 5 nitrogen and oxygen atoms in total. The third-order valence-electron chi connectivity index (χ3n) is 2.96. The fraction of sp³-hybridized carbons (Fsp3) is 0.500. The van der Waals surface area contributed by atoms with E-state index in [2.05, 4.69) is 10.6 Å². The number of carbonyl (C=O) groups excluding carboxylic acids is 1. The fourth-order valence-electron chi connectivity index (χ4n) is 1.76. The Balaban J connectivity index is 2.62. The Morgan fingerprint density at radius 2 is 2.10 bits per heavy atom. The van der Waals surface area contributed by atoms with E-state index in [1.165, 1.54) is 13.2 Å². The van der Waals surface area contributed by atoms with Crippen LogP contribution in [0.15, 0.2) is 18.2 Å². The molecular formula is C14H21FN2O3. The number of nitrogens with one attached hydrogen (secondary N) is 2. The molecule has 0 aromatic heterocycles. The number of halogens is 1. The molecule has 0 aliphatic rings. The molecule has 6 heteroatoms. The summed E-state index contributed by atoms with van der Waals surface area (Å²) >= 11 is 0. The van der Waals surface area contributed by atoms with Crippen LogP contribution in [0.1, 0.15) is 31.9 Å². The number of hydrogen-bond acceptors (Lipinski definition) is 3. The van der Waals surface area contributed by atoms with E-state index in [-0.39, 0.29) is 30.5 Å². The Hall–Kier alpha value is -1.82. The van der Waals surface area contributed by atoms with Gasteiger partial charge in [0.2, 0.25) is 0 Å². The minimum atomic E-state index is -0.440. The quantitative estimate of drug-likeness (QED) is 0.748. The minimum Gasteiger partial charge on any atom is -0.494 e. The van der Waals surface area contributed by atoms with Gasteiger partial charge in [-0.15, -0.1) is 0 Å². The van der Waals surface area contributed by atoms with Gasteiger partial charge in [-0.1, -0.05) is 6.07 Å². The standard InChI is InChI=1S/C14H21FN2O3/c1-9(6-7-18)16-14(19)17-10(2)11-4-5-12(15)13(8-11)20-3/h4-5,8-10,18H,6-7H2,1-3H3,(H2,16,17,19)/t9-,10?/m1/s1. The van der Waals surface area contributed by atoms with Crippen molar-refractivity contribution < 1.29 is 19.0 Å². The van der Waals surface area contributed by atoms with E-state index in [1.807, 2.05) is 0 Å². The van der Waals surface area contributed by atoms with Crippen molar-refractivity contribution >= 4 is 6.03 Å². The molecule has 0 bridgehead atoms. The smallest absolute Gasteiger partial charge is 0.315 e. The number of hydrogen-bond donors (Lipinski definition) is 3. The van der Waals surface area contributed by atoms with Crippen LogP contribution in [0.4, 0.5) is 9.18 Å². The summed E-state index contributed by atoms with van der Waals surface area (Å²) in [5, 5.41) is 14.2. The molecule has 0 spiro atoms. The summed E-state index contributed by atoms with van der Waals surface area (Å²) in [4.78, 5) is 11.7. The zero-order valence-electron chi connectivity index (χ0n) is 11.9. The maximum Gasteiger partial charge on any atom is 0.315 e. The minimum absolute atomic E-state index is 0.0200. The van der Waals surface area contributed by atoms with Crippen LogP contribution in [-0.2, 0) is 0 Å². The van der Waals surface area contributed by atoms with E-state index in [0.717, 1.165) is 5.56 Å². The Morgan fingerprint density at radius 1 is 1.40 bits per heavy atom. The van der Waals surface area contributed by atoms with Gasteiger partial charge in [0.05, 0.1) is 13.2 Å². The summed E-state index contributed by atoms with van der Waals surface area (Å²) in [5.41, 5.74) is 0.744. The Bertz CT molecular complexity index is 454. The third kappa shape index (κ3) is 4.70. The van der Waals surface area contributed by atoms with Crippen molar-refractivity contribution in [2.75, 3.05) is 13.7 Å². The first kappa shape index (κ1) is 16.2. The lowest BCUT2D eigenvalue weighted by molar-refractivity contribution is 0.228. The van der Waals surface area contributed by atoms with Crippen molar-refractivity contribution in [1.82, 2.24) is 10.6 Å². The monoisotopic (exact) mass is 284 g/mol. The molecule has 0 aliphatic carbocycles. The SMILES string of the molecule is COc1cc(C(C)NC(=O)N[C@H](C)CCO)ccc1F. The number of rotatable bonds is 6. The van der Waals surface area contributed by atoms with Gasteiger partial charge in [0.25, 0.3) is 0 Å². The molecule has 0 heterocycles. The normalized spacial score (nSPS) is 13.4. The van der Waals surface area contributed by atoms with Crippen LogP contribution in [0.3, 0.4) is 0 Å². The fourth-order valence-corrected chi connectivity index (χ4v) is 1.76. The molecule has 0 saturated carbocycles. The Labute approximate surface area is 118 Å². The highest BCUT2D eigenvalue weighted by Crippen LogP contribution is 2.22. The summed E-state index contributed by atoms with van der Waals surface area (Å²) < 4.78 is 18.2. The second-order valence-corrected chi connectivity index (χ2v) is 4.65. The van der Waals surface area contributed by atoms with E-state index < -0.39 is 5.82 Å². The number of urea groups is 1. The molecular weight excluding hydrogens is 263 g/mol. The Kier molecular flexibility index (Phi) is 6.24. The summed E-state index contributed by atoms with van der Waals surface area (Å²) in [6.07, 6.45) is 0.492. The maximum atomic E-state index is 13.3. The van der Waals surface area contributed by atoms with Crippen LogP contribution in [0.5, 0.6) is 5.75 Å². The average molecular weight is 284 g/mol. The van der Waals surface area contributed by atoms with Crippen molar-refractivity contribution in [2.45, 2.75) is 32.4 Å². The van der Waals surface area contributed by atoms with Gasteiger partial charge < -0.3 is 20.5 Å². The van der Waals surface area contributed by atoms with Gasteiger partial charge in [0.15, 0.2) is 11.6 Å². The molecule has 1 rings (SSSR count). The first-order valence-corrected chi connectivity index (χ1v) is 6.49. The molecule has 1 unspecified atom stereocenters. The number of methoxy groups -OCH3 is 1. The van der Waals surface area contributed by atoms with Crippen LogP contribution in [-0.4, -0.2) is 30.9 Å². The largest absolute Gasteiger partial charge is 0.494 e. The number of ether oxygens (including phenoxy) is 1. The van der Waals surface area contributed by atoms with E-state index in [1.54, 1.807) is 26.0 Å². The highest BCUT2D eigenvalue weighted by atomic mass is 19.1. The number of benzene rings is 1. The van der Waals surface area contributed by atoms with Crippen molar-refractivity contribution in [3.05, 3.63) is 29.6 Å². The van der Waals surface area contributed by atoms with Crippen LogP contribution in [0.2, 0.25) is 0 Å². The predicted octanol–water partition coefficient (Wildman–Crippen LogP) is 1.97. The van der Waals surface area contributed by atoms with Gasteiger partial charge in [0.1, 0.15) is 0 Å². The van der Waals surface area contributed by atoms with Gasteiger partial charge >= 0.3 is 6.03 Å². The molecule has 112 valence electrons. The van der Waals surface area contributed by atoms with E-state index in [9.17, 15) is 9.18 Å². The van der Waals surface area contributed by atoms with Crippen LogP contribution in [0.25, 0.3) is 0 Å². The molecule has 3 N–H and O–H groups in total. The van der Waals surface area contributed by atoms with E-state index >= 15 is 0 Å². The summed E-state index contributed by atoms with van der Waals surface area (Å²) in [7, 11) is 1.39. The number of aliphatic hydroxyl groups is 1. The zero-order valence-corrected chi connectivity index (χ0v) is 11.9. The van der Waals surface area contributed by atoms with E-state index in [4.69, 9.17) is 9.84 Å². The van der Waals surface area contributed by atoms with Crippen LogP contribution < -0.4 is 15.4 Å². The Morgan fingerprint density at radius 3 is 2.70 bits per heavy atom. The molecule has 0 saturated heterocycles. The number of aliphatic hydroxyl groups excluding tert-OH is 1. The average Bonchev–Trinajstić information content (AvgIpc) is 2.39. The highest BCUT2D eigenvalue weighted by Gasteiger charge is 2.13. The molecule has 0 aliphatic heterocycles. The van der Waals surface area contributed by atoms with Crippen molar-refractivity contribution in [1.29, 1.82) is 0 Å². The van der Waals surface area contributed by atoms with Gasteiger partial charge in [-0.2, -0.15) is 0 Å². The topological polar surface area (TPSA) is 70.6 Å². The second kappa shape index (κ2) is 7.69. The summed E-state index contributed by atoms with van der Waals surface area (Å²) in [6.45, 7) is 3.62. The maximum absolute atomic E-state index is 13.3. The van der Waals surface area contributed by atoms with Crippen LogP contribution in [0, 0.1) is 5.82 Å². The van der Waals surface area contributed by atoms with Crippen molar-refractivity contribution in [3.63, 3.8) is 0 Å². The first-order valence-electron chi connectivity index (χ1n) is 6.49. The molecule has 0 radical (unpaired) electrons. The molecule has 20 heavy (non-hydrogen) atoms. The lowest BCUT2D eigenvalue weighted by atomic mass is 10.1. The molecule has 1 aromatic carbocycles. The van der Waals surface area contributed by atoms with Gasteiger partial charge in [-0.25, -0.2) is 9.18 Å². The molecule has 1 aromatic rings. The van der Waals surface area contributed by atoms with Gasteiger partial charge in [-0.05, 0) is 38.0 Å². The van der Waals surface area contributed by atoms with Crippen molar-refractivity contribution in [3.8, 4) is 5.75 Å². The number of carbonyl (C=O) groups is 1. The molecule has 2 atom stereocenters. The van der Waals surface area contributed by atoms with Crippen LogP contribution >= 0.6 is 0 Å².